The van der Waals surface area contributed by atoms with Crippen molar-refractivity contribution in [3.63, 3.8) is 0 Å². The first kappa shape index (κ1) is 15.3. The molecule has 2 amide bonds. The summed E-state index contributed by atoms with van der Waals surface area (Å²) < 4.78 is 0. The second-order valence-corrected chi connectivity index (χ2v) is 7.58. The first-order valence-electron chi connectivity index (χ1n) is 8.06. The Labute approximate surface area is 142 Å². The zero-order valence-electron chi connectivity index (χ0n) is 13.3. The Bertz CT molecular complexity index is 902. The molecular weight excluding hydrogens is 328 g/mol. The van der Waals surface area contributed by atoms with E-state index < -0.39 is 5.41 Å². The summed E-state index contributed by atoms with van der Waals surface area (Å²) in [5, 5.41) is 3.41. The van der Waals surface area contributed by atoms with Crippen molar-refractivity contribution in [2.75, 3.05) is 19.6 Å². The number of aromatic amines is 1. The van der Waals surface area contributed by atoms with E-state index in [4.69, 9.17) is 0 Å². The highest BCUT2D eigenvalue weighted by Crippen LogP contribution is 2.39. The largest absolute Gasteiger partial charge is 0.356 e. The lowest BCUT2D eigenvalue weighted by Crippen LogP contribution is -2.47. The van der Waals surface area contributed by atoms with Gasteiger partial charge in [0.05, 0.1) is 22.0 Å². The highest BCUT2D eigenvalue weighted by atomic mass is 32.1. The van der Waals surface area contributed by atoms with Crippen molar-refractivity contribution in [3.05, 3.63) is 27.1 Å². The molecule has 0 bridgehead atoms. The molecule has 0 saturated carbocycles. The standard InChI is InChI=1S/C16H18N4O3S/c1-9-10-12(21)18-8-19-13(10)24-11(9)14(22)20-6-4-16(7-20)3-2-5-17-15(16)23/h8H,2-7H2,1H3,(H,17,23)(H,18,19,21)/t16-/m1/s1. The predicted octanol–water partition coefficient (Wildman–Crippen LogP) is 1.04. The molecule has 8 heteroatoms. The van der Waals surface area contributed by atoms with Crippen LogP contribution in [0, 0.1) is 12.3 Å². The van der Waals surface area contributed by atoms with Crippen LogP contribution in [0.4, 0.5) is 0 Å². The van der Waals surface area contributed by atoms with Gasteiger partial charge in [0.1, 0.15) is 4.83 Å². The van der Waals surface area contributed by atoms with E-state index in [1.54, 1.807) is 11.8 Å². The lowest BCUT2D eigenvalue weighted by atomic mass is 9.79. The number of amides is 2. The molecule has 4 rings (SSSR count). The van der Waals surface area contributed by atoms with Crippen molar-refractivity contribution in [1.29, 1.82) is 0 Å². The number of rotatable bonds is 1. The van der Waals surface area contributed by atoms with E-state index in [0.29, 0.717) is 40.2 Å². The zero-order chi connectivity index (χ0) is 16.9. The van der Waals surface area contributed by atoms with Gasteiger partial charge in [-0.2, -0.15) is 0 Å². The van der Waals surface area contributed by atoms with Crippen molar-refractivity contribution in [1.82, 2.24) is 20.2 Å². The number of hydrogen-bond acceptors (Lipinski definition) is 5. The van der Waals surface area contributed by atoms with Crippen LogP contribution in [0.3, 0.4) is 0 Å². The van der Waals surface area contributed by atoms with Gasteiger partial charge >= 0.3 is 0 Å². The maximum absolute atomic E-state index is 12.9. The minimum atomic E-state index is -0.436. The number of thiophene rings is 1. The number of likely N-dealkylation sites (tertiary alicyclic amines) is 1. The fraction of sp³-hybridized carbons (Fsp3) is 0.500. The predicted molar refractivity (Wildman–Crippen MR) is 90.2 cm³/mol. The Morgan fingerprint density at radius 3 is 2.96 bits per heavy atom. The van der Waals surface area contributed by atoms with Crippen LogP contribution in [0.15, 0.2) is 11.1 Å². The van der Waals surface area contributed by atoms with Gasteiger partial charge in [-0.05, 0) is 31.7 Å². The number of fused-ring (bicyclic) bond motifs is 1. The monoisotopic (exact) mass is 346 g/mol. The molecule has 1 spiro atoms. The quantitative estimate of drug-likeness (QED) is 0.806. The van der Waals surface area contributed by atoms with E-state index >= 15 is 0 Å². The summed E-state index contributed by atoms with van der Waals surface area (Å²) >= 11 is 1.25. The summed E-state index contributed by atoms with van der Waals surface area (Å²) in [4.78, 5) is 46.8. The van der Waals surface area contributed by atoms with Gasteiger partial charge in [-0.3, -0.25) is 14.4 Å². The van der Waals surface area contributed by atoms with E-state index in [1.807, 2.05) is 0 Å². The number of carbonyl (C=O) groups is 2. The molecule has 2 saturated heterocycles. The molecule has 2 fully saturated rings. The Hall–Kier alpha value is -2.22. The molecule has 2 aliphatic heterocycles. The number of piperidine rings is 1. The molecule has 2 N–H and O–H groups in total. The third-order valence-corrected chi connectivity index (χ3v) is 6.36. The van der Waals surface area contributed by atoms with Gasteiger partial charge in [-0.1, -0.05) is 0 Å². The van der Waals surface area contributed by atoms with Crippen LogP contribution in [-0.4, -0.2) is 46.3 Å². The van der Waals surface area contributed by atoms with Crippen LogP contribution < -0.4 is 10.9 Å². The van der Waals surface area contributed by atoms with E-state index in [2.05, 4.69) is 15.3 Å². The molecule has 0 aromatic carbocycles. The molecule has 1 atom stereocenters. The number of nitrogens with one attached hydrogen (secondary N) is 2. The smallest absolute Gasteiger partial charge is 0.264 e. The molecule has 126 valence electrons. The van der Waals surface area contributed by atoms with Gasteiger partial charge < -0.3 is 15.2 Å². The first-order valence-corrected chi connectivity index (χ1v) is 8.88. The number of carbonyl (C=O) groups excluding carboxylic acids is 2. The van der Waals surface area contributed by atoms with Crippen molar-refractivity contribution >= 4 is 33.4 Å². The van der Waals surface area contributed by atoms with Gasteiger partial charge in [0.25, 0.3) is 11.5 Å². The number of H-pyrrole nitrogens is 1. The van der Waals surface area contributed by atoms with E-state index in [1.165, 1.54) is 17.7 Å². The van der Waals surface area contributed by atoms with Crippen LogP contribution in [-0.2, 0) is 4.79 Å². The summed E-state index contributed by atoms with van der Waals surface area (Å²) in [6, 6.07) is 0. The lowest BCUT2D eigenvalue weighted by molar-refractivity contribution is -0.132. The summed E-state index contributed by atoms with van der Waals surface area (Å²) in [5.41, 5.74) is 0.00884. The van der Waals surface area contributed by atoms with Gasteiger partial charge in [-0.25, -0.2) is 4.98 Å². The molecule has 0 radical (unpaired) electrons. The summed E-state index contributed by atoms with van der Waals surface area (Å²) in [5.74, 6) is -0.0413. The van der Waals surface area contributed by atoms with Gasteiger partial charge in [-0.15, -0.1) is 11.3 Å². The Morgan fingerprint density at radius 1 is 1.38 bits per heavy atom. The molecule has 2 aromatic heterocycles. The highest BCUT2D eigenvalue weighted by molar-refractivity contribution is 7.20. The van der Waals surface area contributed by atoms with Gasteiger partial charge in [0, 0.05) is 19.6 Å². The highest BCUT2D eigenvalue weighted by Gasteiger charge is 2.47. The van der Waals surface area contributed by atoms with Gasteiger partial charge in [0.2, 0.25) is 5.91 Å². The molecule has 0 unspecified atom stereocenters. The minimum absolute atomic E-state index is 0.0650. The van der Waals surface area contributed by atoms with Gasteiger partial charge in [0.15, 0.2) is 0 Å². The van der Waals surface area contributed by atoms with Crippen molar-refractivity contribution in [2.45, 2.75) is 26.2 Å². The number of nitrogens with zero attached hydrogens (tertiary/aromatic N) is 2. The topological polar surface area (TPSA) is 95.2 Å². The first-order chi connectivity index (χ1) is 11.5. The molecule has 2 aromatic rings. The summed E-state index contributed by atoms with van der Waals surface area (Å²) in [7, 11) is 0. The number of hydrogen-bond donors (Lipinski definition) is 2. The third-order valence-electron chi connectivity index (χ3n) is 5.17. The molecular formula is C16H18N4O3S. The molecule has 7 nitrogen and oxygen atoms in total. The van der Waals surface area contributed by atoms with Crippen molar-refractivity contribution in [2.24, 2.45) is 5.41 Å². The second-order valence-electron chi connectivity index (χ2n) is 6.58. The summed E-state index contributed by atoms with van der Waals surface area (Å²) in [6.07, 6.45) is 3.84. The van der Waals surface area contributed by atoms with E-state index in [-0.39, 0.29) is 17.4 Å². The van der Waals surface area contributed by atoms with E-state index in [9.17, 15) is 14.4 Å². The lowest BCUT2D eigenvalue weighted by Gasteiger charge is -2.32. The fourth-order valence-electron chi connectivity index (χ4n) is 3.79. The van der Waals surface area contributed by atoms with Crippen LogP contribution in [0.1, 0.15) is 34.5 Å². The average molecular weight is 346 g/mol. The maximum Gasteiger partial charge on any atom is 0.264 e. The Balaban J connectivity index is 1.66. The molecule has 0 aliphatic carbocycles. The average Bonchev–Trinajstić information content (AvgIpc) is 3.14. The fourth-order valence-corrected chi connectivity index (χ4v) is 4.91. The third kappa shape index (κ3) is 2.16. The van der Waals surface area contributed by atoms with Crippen molar-refractivity contribution in [3.8, 4) is 0 Å². The van der Waals surface area contributed by atoms with E-state index in [0.717, 1.165) is 19.4 Å². The normalized spacial score (nSPS) is 23.9. The number of aryl methyl sites for hydroxylation is 1. The summed E-state index contributed by atoms with van der Waals surface area (Å²) in [6.45, 7) is 3.53. The minimum Gasteiger partial charge on any atom is -0.356 e. The Morgan fingerprint density at radius 2 is 2.21 bits per heavy atom. The molecule has 24 heavy (non-hydrogen) atoms. The van der Waals surface area contributed by atoms with Crippen LogP contribution in [0.5, 0.6) is 0 Å². The SMILES string of the molecule is Cc1c(C(=O)N2CC[C@]3(CCCNC3=O)C2)sc2nc[nH]c(=O)c12. The van der Waals surface area contributed by atoms with Crippen LogP contribution >= 0.6 is 11.3 Å². The van der Waals surface area contributed by atoms with Crippen LogP contribution in [0.25, 0.3) is 10.2 Å². The molecule has 4 heterocycles. The number of aromatic nitrogens is 2. The van der Waals surface area contributed by atoms with Crippen LogP contribution in [0.2, 0.25) is 0 Å². The Kier molecular flexibility index (Phi) is 3.45. The second kappa shape index (κ2) is 5.41. The maximum atomic E-state index is 12.9. The van der Waals surface area contributed by atoms with Crippen molar-refractivity contribution < 1.29 is 9.59 Å². The zero-order valence-corrected chi connectivity index (χ0v) is 14.2. The molecule has 2 aliphatic rings.